The minimum absolute atomic E-state index is 0.0789. The number of halogens is 4. The third kappa shape index (κ3) is 3.97. The van der Waals surface area contributed by atoms with Crippen LogP contribution < -0.4 is 0 Å². The van der Waals surface area contributed by atoms with E-state index in [1.165, 1.54) is 11.0 Å². The van der Waals surface area contributed by atoms with Crippen LogP contribution in [-0.2, 0) is 19.8 Å². The molecule has 0 aromatic carbocycles. The second kappa shape index (κ2) is 7.89. The summed E-state index contributed by atoms with van der Waals surface area (Å²) in [7, 11) is 3.37. The number of thiophene rings is 1. The van der Waals surface area contributed by atoms with Gasteiger partial charge in [-0.3, -0.25) is 9.48 Å². The molecule has 0 aliphatic carbocycles. The lowest BCUT2D eigenvalue weighted by Crippen LogP contribution is -2.27. The summed E-state index contributed by atoms with van der Waals surface area (Å²) < 4.78 is 44.1. The number of aromatic nitrogens is 5. The molecule has 0 saturated carbocycles. The molecule has 4 rings (SSSR count). The Hall–Kier alpha value is -2.92. The largest absolute Gasteiger partial charge is 0.433 e. The van der Waals surface area contributed by atoms with E-state index in [0.717, 1.165) is 34.4 Å². The summed E-state index contributed by atoms with van der Waals surface area (Å²) >= 11 is 7.04. The highest BCUT2D eigenvalue weighted by Gasteiger charge is 2.36. The maximum absolute atomic E-state index is 13.8. The molecule has 0 unspecified atom stereocenters. The molecule has 0 saturated heterocycles. The lowest BCUT2D eigenvalue weighted by Gasteiger charge is -2.16. The van der Waals surface area contributed by atoms with Gasteiger partial charge in [-0.25, -0.2) is 9.50 Å². The second-order valence-electron chi connectivity index (χ2n) is 7.36. The number of aryl methyl sites for hydroxylation is 2. The third-order valence-corrected chi connectivity index (χ3v) is 6.42. The first kappa shape index (κ1) is 22.3. The molecule has 4 heterocycles. The fourth-order valence-electron chi connectivity index (χ4n) is 3.41. The fraction of sp³-hybridized carbons (Fsp3) is 0.300. The van der Waals surface area contributed by atoms with E-state index in [2.05, 4.69) is 15.2 Å². The number of nitrogens with zero attached hydrogens (tertiary/aromatic N) is 6. The highest BCUT2D eigenvalue weighted by molar-refractivity contribution is 7.19. The molecule has 1 amide bonds. The number of alkyl halides is 3. The van der Waals surface area contributed by atoms with E-state index in [0.29, 0.717) is 13.7 Å². The summed E-state index contributed by atoms with van der Waals surface area (Å²) in [6, 6.07) is 5.35. The lowest BCUT2D eigenvalue weighted by atomic mass is 10.2. The molecule has 7 nitrogen and oxygen atoms in total. The Morgan fingerprint density at radius 3 is 2.50 bits per heavy atom. The van der Waals surface area contributed by atoms with Crippen LogP contribution in [0.3, 0.4) is 0 Å². The average Bonchev–Trinajstić information content (AvgIpc) is 3.40. The van der Waals surface area contributed by atoms with E-state index < -0.39 is 17.8 Å². The molecular weight excluding hydrogens is 465 g/mol. The molecule has 0 aliphatic heterocycles. The van der Waals surface area contributed by atoms with Crippen molar-refractivity contribution in [2.45, 2.75) is 26.6 Å². The van der Waals surface area contributed by atoms with Crippen LogP contribution in [0.2, 0.25) is 4.34 Å². The first-order valence-corrected chi connectivity index (χ1v) is 10.6. The molecule has 12 heteroatoms. The number of hydrogen-bond donors (Lipinski definition) is 0. The molecule has 168 valence electrons. The van der Waals surface area contributed by atoms with Crippen LogP contribution in [-0.4, -0.2) is 42.2 Å². The van der Waals surface area contributed by atoms with Gasteiger partial charge in [-0.1, -0.05) is 11.6 Å². The fourth-order valence-corrected chi connectivity index (χ4v) is 4.41. The minimum atomic E-state index is -4.70. The molecule has 0 N–H and O–H groups in total. The normalized spacial score (nSPS) is 12.0. The van der Waals surface area contributed by atoms with Crippen LogP contribution in [0.1, 0.15) is 33.1 Å². The Labute approximate surface area is 190 Å². The van der Waals surface area contributed by atoms with E-state index in [9.17, 15) is 18.0 Å². The number of carbonyl (C=O) groups is 1. The van der Waals surface area contributed by atoms with Crippen molar-refractivity contribution in [1.29, 1.82) is 0 Å². The molecule has 0 bridgehead atoms. The van der Waals surface area contributed by atoms with Gasteiger partial charge in [0, 0.05) is 38.0 Å². The zero-order valence-corrected chi connectivity index (χ0v) is 19.1. The average molecular weight is 483 g/mol. The minimum Gasteiger partial charge on any atom is -0.336 e. The van der Waals surface area contributed by atoms with Gasteiger partial charge < -0.3 is 4.90 Å². The van der Waals surface area contributed by atoms with Crippen molar-refractivity contribution >= 4 is 34.5 Å². The number of amides is 1. The van der Waals surface area contributed by atoms with Crippen LogP contribution in [0.5, 0.6) is 0 Å². The summed E-state index contributed by atoms with van der Waals surface area (Å²) in [6.45, 7) is 3.97. The summed E-state index contributed by atoms with van der Waals surface area (Å²) in [5.74, 6) is -0.521. The standard InChI is InChI=1S/C20H18ClF3N6OS/c1-10-12(11(2)29(4)26-10)9-28(3)19(31)14-8-18-25-13(15-5-6-17(21)32-15)7-16(20(22,23)24)30(18)27-14/h5-8H,9H2,1-4H3. The molecule has 0 fully saturated rings. The molecular formula is C20H18ClF3N6OS. The van der Waals surface area contributed by atoms with Gasteiger partial charge in [-0.05, 0) is 32.0 Å². The predicted molar refractivity (Wildman–Crippen MR) is 115 cm³/mol. The van der Waals surface area contributed by atoms with Crippen LogP contribution >= 0.6 is 22.9 Å². The molecule has 4 aromatic rings. The Balaban J connectivity index is 1.74. The van der Waals surface area contributed by atoms with Crippen molar-refractivity contribution < 1.29 is 18.0 Å². The highest BCUT2D eigenvalue weighted by atomic mass is 35.5. The molecule has 0 aliphatic rings. The summed E-state index contributed by atoms with van der Waals surface area (Å²) in [5, 5.41) is 8.26. The van der Waals surface area contributed by atoms with Gasteiger partial charge in [0.25, 0.3) is 5.91 Å². The Morgan fingerprint density at radius 1 is 1.22 bits per heavy atom. The summed E-state index contributed by atoms with van der Waals surface area (Å²) in [4.78, 5) is 19.1. The van der Waals surface area contributed by atoms with Crippen LogP contribution in [0.15, 0.2) is 24.3 Å². The Bertz CT molecular complexity index is 1340. The maximum Gasteiger partial charge on any atom is 0.433 e. The first-order valence-electron chi connectivity index (χ1n) is 9.44. The van der Waals surface area contributed by atoms with Gasteiger partial charge >= 0.3 is 6.18 Å². The lowest BCUT2D eigenvalue weighted by molar-refractivity contribution is -0.142. The van der Waals surface area contributed by atoms with Crippen molar-refractivity contribution in [1.82, 2.24) is 29.3 Å². The van der Waals surface area contributed by atoms with Crippen LogP contribution in [0, 0.1) is 13.8 Å². The molecule has 4 aromatic heterocycles. The number of carbonyl (C=O) groups excluding carboxylic acids is 1. The van der Waals surface area contributed by atoms with Gasteiger partial charge in [0.15, 0.2) is 17.0 Å². The SMILES string of the molecule is Cc1nn(C)c(C)c1CN(C)C(=O)c1cc2nc(-c3ccc(Cl)s3)cc(C(F)(F)F)n2n1. The highest BCUT2D eigenvalue weighted by Crippen LogP contribution is 2.35. The Morgan fingerprint density at radius 2 is 1.94 bits per heavy atom. The quantitative estimate of drug-likeness (QED) is 0.421. The number of rotatable bonds is 4. The van der Waals surface area contributed by atoms with E-state index >= 15 is 0 Å². The van der Waals surface area contributed by atoms with E-state index in [1.807, 2.05) is 13.8 Å². The zero-order chi connectivity index (χ0) is 23.4. The van der Waals surface area contributed by atoms with Crippen molar-refractivity contribution in [2.24, 2.45) is 7.05 Å². The monoisotopic (exact) mass is 482 g/mol. The maximum atomic E-state index is 13.8. The first-order chi connectivity index (χ1) is 15.0. The smallest absolute Gasteiger partial charge is 0.336 e. The van der Waals surface area contributed by atoms with Gasteiger partial charge in [-0.15, -0.1) is 11.3 Å². The molecule has 32 heavy (non-hydrogen) atoms. The topological polar surface area (TPSA) is 68.3 Å². The van der Waals surface area contributed by atoms with Gasteiger partial charge in [0.2, 0.25) is 0 Å². The van der Waals surface area contributed by atoms with Gasteiger partial charge in [-0.2, -0.15) is 23.4 Å². The predicted octanol–water partition coefficient (Wildman–Crippen LogP) is 4.75. The van der Waals surface area contributed by atoms with Crippen molar-refractivity contribution in [2.75, 3.05) is 7.05 Å². The summed E-state index contributed by atoms with van der Waals surface area (Å²) in [5.41, 5.74) is 1.42. The van der Waals surface area contributed by atoms with Crippen molar-refractivity contribution in [3.63, 3.8) is 0 Å². The summed E-state index contributed by atoms with van der Waals surface area (Å²) in [6.07, 6.45) is -4.70. The van der Waals surface area contributed by atoms with Crippen molar-refractivity contribution in [3.05, 3.63) is 56.9 Å². The third-order valence-electron chi connectivity index (χ3n) is 5.16. The number of fused-ring (bicyclic) bond motifs is 1. The molecule has 0 radical (unpaired) electrons. The Kier molecular flexibility index (Phi) is 5.49. The second-order valence-corrected chi connectivity index (χ2v) is 9.08. The number of hydrogen-bond acceptors (Lipinski definition) is 5. The zero-order valence-electron chi connectivity index (χ0n) is 17.5. The molecule has 0 spiro atoms. The van der Waals surface area contributed by atoms with Crippen LogP contribution in [0.4, 0.5) is 13.2 Å². The van der Waals surface area contributed by atoms with Crippen LogP contribution in [0.25, 0.3) is 16.2 Å². The van der Waals surface area contributed by atoms with Gasteiger partial charge in [0.05, 0.1) is 20.6 Å². The van der Waals surface area contributed by atoms with E-state index in [1.54, 1.807) is 30.9 Å². The van der Waals surface area contributed by atoms with Gasteiger partial charge in [0.1, 0.15) is 0 Å². The van der Waals surface area contributed by atoms with E-state index in [-0.39, 0.29) is 23.6 Å². The molecule has 0 atom stereocenters. The van der Waals surface area contributed by atoms with Crippen molar-refractivity contribution in [3.8, 4) is 10.6 Å². The van der Waals surface area contributed by atoms with E-state index in [4.69, 9.17) is 11.6 Å².